The highest BCUT2D eigenvalue weighted by molar-refractivity contribution is 5.95. The summed E-state index contributed by atoms with van der Waals surface area (Å²) < 4.78 is 0. The summed E-state index contributed by atoms with van der Waals surface area (Å²) in [6.45, 7) is 1.62. The quantitative estimate of drug-likeness (QED) is 0.719. The second kappa shape index (κ2) is 6.86. The van der Waals surface area contributed by atoms with Gasteiger partial charge in [-0.25, -0.2) is 4.98 Å². The number of hydrogen-bond acceptors (Lipinski definition) is 4. The van der Waals surface area contributed by atoms with Gasteiger partial charge in [0, 0.05) is 31.9 Å². The summed E-state index contributed by atoms with van der Waals surface area (Å²) >= 11 is 0. The van der Waals surface area contributed by atoms with Crippen molar-refractivity contribution in [2.45, 2.75) is 6.42 Å². The van der Waals surface area contributed by atoms with Crippen LogP contribution in [0.1, 0.15) is 22.5 Å². The van der Waals surface area contributed by atoms with Crippen molar-refractivity contribution in [2.75, 3.05) is 33.2 Å². The maximum Gasteiger partial charge on any atom is 0.272 e. The fourth-order valence-electron chi connectivity index (χ4n) is 2.07. The van der Waals surface area contributed by atoms with E-state index in [4.69, 9.17) is 5.73 Å². The van der Waals surface area contributed by atoms with Gasteiger partial charge < -0.3 is 15.5 Å². The minimum atomic E-state index is -0.225. The van der Waals surface area contributed by atoms with Crippen LogP contribution in [0, 0.1) is 11.8 Å². The van der Waals surface area contributed by atoms with Crippen LogP contribution in [0.25, 0.3) is 0 Å². The van der Waals surface area contributed by atoms with Crippen molar-refractivity contribution in [3.05, 3.63) is 29.6 Å². The summed E-state index contributed by atoms with van der Waals surface area (Å²) in [5.74, 6) is 5.30. The minimum absolute atomic E-state index is 0.0497. The summed E-state index contributed by atoms with van der Waals surface area (Å²) in [6, 6.07) is 3.36. The SMILES string of the molecule is CN1CCCN(C(=O)c2ccc(C#CCN)cn2)CC1=O. The van der Waals surface area contributed by atoms with Crippen molar-refractivity contribution in [3.63, 3.8) is 0 Å². The molecule has 0 atom stereocenters. The maximum absolute atomic E-state index is 12.4. The van der Waals surface area contributed by atoms with E-state index in [1.54, 1.807) is 35.2 Å². The Hall–Kier alpha value is -2.39. The molecule has 0 bridgehead atoms. The van der Waals surface area contributed by atoms with Gasteiger partial charge >= 0.3 is 0 Å². The molecular weight excluding hydrogens is 268 g/mol. The Morgan fingerprint density at radius 2 is 2.24 bits per heavy atom. The van der Waals surface area contributed by atoms with Gasteiger partial charge in [0.25, 0.3) is 5.91 Å². The van der Waals surface area contributed by atoms with E-state index >= 15 is 0 Å². The van der Waals surface area contributed by atoms with Crippen molar-refractivity contribution in [1.29, 1.82) is 0 Å². The van der Waals surface area contributed by atoms with Crippen molar-refractivity contribution >= 4 is 11.8 Å². The molecule has 6 nitrogen and oxygen atoms in total. The van der Waals surface area contributed by atoms with Gasteiger partial charge in [-0.2, -0.15) is 0 Å². The fourth-order valence-corrected chi connectivity index (χ4v) is 2.07. The molecule has 0 radical (unpaired) electrons. The van der Waals surface area contributed by atoms with E-state index in [0.717, 1.165) is 6.42 Å². The van der Waals surface area contributed by atoms with Gasteiger partial charge in [0.05, 0.1) is 6.54 Å². The highest BCUT2D eigenvalue weighted by Crippen LogP contribution is 2.08. The summed E-state index contributed by atoms with van der Waals surface area (Å²) in [6.07, 6.45) is 2.32. The normalized spacial score (nSPS) is 15.2. The molecule has 110 valence electrons. The molecule has 0 aliphatic carbocycles. The Morgan fingerprint density at radius 3 is 2.90 bits per heavy atom. The van der Waals surface area contributed by atoms with Crippen LogP contribution in [0.15, 0.2) is 18.3 Å². The van der Waals surface area contributed by atoms with Crippen molar-refractivity contribution < 1.29 is 9.59 Å². The fraction of sp³-hybridized carbons (Fsp3) is 0.400. The number of rotatable bonds is 1. The standard InChI is InChI=1S/C15H18N4O2/c1-18-8-3-9-19(11-14(18)20)15(21)13-6-5-12(10-17-13)4-2-7-16/h5-6,10H,3,7-9,11,16H2,1H3. The summed E-state index contributed by atoms with van der Waals surface area (Å²) in [4.78, 5) is 31.5. The molecule has 1 aliphatic heterocycles. The van der Waals surface area contributed by atoms with E-state index in [2.05, 4.69) is 16.8 Å². The van der Waals surface area contributed by atoms with Gasteiger partial charge in [-0.05, 0) is 18.6 Å². The zero-order valence-electron chi connectivity index (χ0n) is 12.0. The molecule has 1 aromatic rings. The summed E-state index contributed by atoms with van der Waals surface area (Å²) in [5.41, 5.74) is 6.34. The van der Waals surface area contributed by atoms with Gasteiger partial charge in [0.1, 0.15) is 12.2 Å². The molecular formula is C15H18N4O2. The topological polar surface area (TPSA) is 79.5 Å². The van der Waals surface area contributed by atoms with Crippen molar-refractivity contribution in [3.8, 4) is 11.8 Å². The minimum Gasteiger partial charge on any atom is -0.344 e. The van der Waals surface area contributed by atoms with Crippen molar-refractivity contribution in [1.82, 2.24) is 14.8 Å². The lowest BCUT2D eigenvalue weighted by Crippen LogP contribution is -2.38. The third kappa shape index (κ3) is 3.80. The molecule has 0 unspecified atom stereocenters. The predicted octanol–water partition coefficient (Wildman–Crippen LogP) is -0.304. The third-order valence-corrected chi connectivity index (χ3v) is 3.28. The Morgan fingerprint density at radius 1 is 1.43 bits per heavy atom. The zero-order valence-corrected chi connectivity index (χ0v) is 12.0. The van der Waals surface area contributed by atoms with Gasteiger partial charge in [0.15, 0.2) is 0 Å². The maximum atomic E-state index is 12.4. The highest BCUT2D eigenvalue weighted by atomic mass is 16.2. The first-order chi connectivity index (χ1) is 10.1. The lowest BCUT2D eigenvalue weighted by molar-refractivity contribution is -0.129. The molecule has 1 saturated heterocycles. The molecule has 6 heteroatoms. The second-order valence-corrected chi connectivity index (χ2v) is 4.83. The summed E-state index contributed by atoms with van der Waals surface area (Å²) in [7, 11) is 1.75. The molecule has 1 aliphatic rings. The van der Waals surface area contributed by atoms with Gasteiger partial charge in [-0.15, -0.1) is 0 Å². The molecule has 21 heavy (non-hydrogen) atoms. The Kier molecular flexibility index (Phi) is 4.90. The molecule has 2 heterocycles. The van der Waals surface area contributed by atoms with Gasteiger partial charge in [-0.1, -0.05) is 11.8 Å². The number of hydrogen-bond donors (Lipinski definition) is 1. The van der Waals surface area contributed by atoms with Crippen LogP contribution < -0.4 is 5.73 Å². The molecule has 1 fully saturated rings. The summed E-state index contributed by atoms with van der Waals surface area (Å²) in [5, 5.41) is 0. The van der Waals surface area contributed by atoms with Crippen LogP contribution >= 0.6 is 0 Å². The largest absolute Gasteiger partial charge is 0.344 e. The van der Waals surface area contributed by atoms with E-state index in [0.29, 0.717) is 24.3 Å². The molecule has 0 saturated carbocycles. The first-order valence-electron chi connectivity index (χ1n) is 6.80. The number of carbonyl (C=O) groups excluding carboxylic acids is 2. The number of aromatic nitrogens is 1. The second-order valence-electron chi connectivity index (χ2n) is 4.83. The Labute approximate surface area is 123 Å². The third-order valence-electron chi connectivity index (χ3n) is 3.28. The number of nitrogens with zero attached hydrogens (tertiary/aromatic N) is 3. The Balaban J connectivity index is 2.10. The predicted molar refractivity (Wildman–Crippen MR) is 78.3 cm³/mol. The van der Waals surface area contributed by atoms with Crippen molar-refractivity contribution in [2.24, 2.45) is 5.73 Å². The monoisotopic (exact) mass is 286 g/mol. The molecule has 0 spiro atoms. The smallest absolute Gasteiger partial charge is 0.272 e. The molecule has 2 rings (SSSR count). The lowest BCUT2D eigenvalue weighted by atomic mass is 10.2. The van der Waals surface area contributed by atoms with Crippen LogP contribution in [0.3, 0.4) is 0 Å². The first-order valence-corrected chi connectivity index (χ1v) is 6.80. The highest BCUT2D eigenvalue weighted by Gasteiger charge is 2.24. The zero-order chi connectivity index (χ0) is 15.2. The molecule has 1 aromatic heterocycles. The van der Waals surface area contributed by atoms with Crippen LogP contribution in [0.4, 0.5) is 0 Å². The number of likely N-dealkylation sites (N-methyl/N-ethyl adjacent to an activating group) is 1. The van der Waals surface area contributed by atoms with Crippen LogP contribution in [-0.2, 0) is 4.79 Å². The number of pyridine rings is 1. The lowest BCUT2D eigenvalue weighted by Gasteiger charge is -2.19. The molecule has 2 N–H and O–H groups in total. The van der Waals surface area contributed by atoms with E-state index < -0.39 is 0 Å². The van der Waals surface area contributed by atoms with E-state index in [-0.39, 0.29) is 24.9 Å². The molecule has 0 aromatic carbocycles. The van der Waals surface area contributed by atoms with E-state index in [1.807, 2.05) is 0 Å². The first kappa shape index (κ1) is 15.0. The molecule has 2 amide bonds. The average molecular weight is 286 g/mol. The number of amides is 2. The van der Waals surface area contributed by atoms with E-state index in [9.17, 15) is 9.59 Å². The van der Waals surface area contributed by atoms with Gasteiger partial charge in [0.2, 0.25) is 5.91 Å². The average Bonchev–Trinajstić information content (AvgIpc) is 2.67. The van der Waals surface area contributed by atoms with Crippen LogP contribution in [-0.4, -0.2) is 59.8 Å². The van der Waals surface area contributed by atoms with Gasteiger partial charge in [-0.3, -0.25) is 9.59 Å². The Bertz CT molecular complexity index is 586. The van der Waals surface area contributed by atoms with E-state index in [1.165, 1.54) is 0 Å². The van der Waals surface area contributed by atoms with Crippen LogP contribution in [0.5, 0.6) is 0 Å². The van der Waals surface area contributed by atoms with Crippen LogP contribution in [0.2, 0.25) is 0 Å². The number of nitrogens with two attached hydrogens (primary N) is 1. The number of carbonyl (C=O) groups is 2.